The third kappa shape index (κ3) is 4.81. The van der Waals surface area contributed by atoms with Crippen molar-refractivity contribution in [3.63, 3.8) is 0 Å². The van der Waals surface area contributed by atoms with Crippen molar-refractivity contribution < 1.29 is 9.53 Å². The molecule has 2 aromatic heterocycles. The number of ether oxygens (including phenoxy) is 1. The van der Waals surface area contributed by atoms with E-state index in [1.54, 1.807) is 18.5 Å². The molecule has 0 aliphatic carbocycles. The number of ketones is 1. The van der Waals surface area contributed by atoms with Crippen molar-refractivity contribution in [2.75, 3.05) is 6.54 Å². The fourth-order valence-electron chi connectivity index (χ4n) is 3.26. The van der Waals surface area contributed by atoms with Gasteiger partial charge in [-0.05, 0) is 64.3 Å². The zero-order chi connectivity index (χ0) is 20.2. The molecule has 0 radical (unpaired) electrons. The molecule has 1 aliphatic rings. The van der Waals surface area contributed by atoms with Crippen LogP contribution in [0.25, 0.3) is 0 Å². The number of hydrogen-bond donors (Lipinski definition) is 1. The Bertz CT molecular complexity index is 1090. The van der Waals surface area contributed by atoms with Gasteiger partial charge in [-0.3, -0.25) is 14.6 Å². The molecule has 1 aliphatic heterocycles. The minimum atomic E-state index is -0.278. The fraction of sp³-hybridized carbons (Fsp3) is 0.227. The van der Waals surface area contributed by atoms with E-state index in [1.165, 1.54) is 16.2 Å². The predicted octanol–water partition coefficient (Wildman–Crippen LogP) is 3.11. The van der Waals surface area contributed by atoms with Gasteiger partial charge < -0.3 is 14.6 Å². The van der Waals surface area contributed by atoms with Gasteiger partial charge in [0.2, 0.25) is 0 Å². The number of fused-ring (bicyclic) bond motifs is 1. The zero-order valence-corrected chi connectivity index (χ0v) is 17.3. The van der Waals surface area contributed by atoms with Gasteiger partial charge in [0, 0.05) is 35.0 Å². The Morgan fingerprint density at radius 2 is 2.07 bits per heavy atom. The van der Waals surface area contributed by atoms with Gasteiger partial charge in [-0.15, -0.1) is 0 Å². The molecule has 0 spiro atoms. The van der Waals surface area contributed by atoms with Crippen LogP contribution < -0.4 is 15.6 Å². The standard InChI is InChI=1S/C22H20BrN3O3/c23-18-3-4-19(25-12-18)14-29-20-6-8-26(22(28)10-20)13-21(27)16-2-1-15-5-7-24-11-17(15)9-16/h1-4,6,8-10,12,24H,5,7,11,13-14H2. The largest absolute Gasteiger partial charge is 0.487 e. The molecule has 0 saturated carbocycles. The maximum Gasteiger partial charge on any atom is 0.254 e. The number of pyridine rings is 2. The molecule has 1 N–H and O–H groups in total. The van der Waals surface area contributed by atoms with Crippen LogP contribution in [0, 0.1) is 0 Å². The first-order valence-electron chi connectivity index (χ1n) is 9.38. The Balaban J connectivity index is 1.42. The summed E-state index contributed by atoms with van der Waals surface area (Å²) in [6.07, 6.45) is 4.25. The lowest BCUT2D eigenvalue weighted by Gasteiger charge is -2.17. The van der Waals surface area contributed by atoms with Crippen LogP contribution >= 0.6 is 15.9 Å². The second kappa shape index (κ2) is 8.71. The normalized spacial score (nSPS) is 13.0. The topological polar surface area (TPSA) is 73.2 Å². The van der Waals surface area contributed by atoms with Crippen LogP contribution in [0.3, 0.4) is 0 Å². The third-order valence-electron chi connectivity index (χ3n) is 4.87. The molecule has 0 unspecified atom stereocenters. The first-order chi connectivity index (χ1) is 14.1. The molecule has 7 heteroatoms. The quantitative estimate of drug-likeness (QED) is 0.580. The number of nitrogens with zero attached hydrogens (tertiary/aromatic N) is 2. The van der Waals surface area contributed by atoms with Crippen LogP contribution in [0.4, 0.5) is 0 Å². The second-order valence-electron chi connectivity index (χ2n) is 6.92. The van der Waals surface area contributed by atoms with Crippen LogP contribution in [0.2, 0.25) is 0 Å². The Labute approximate surface area is 176 Å². The summed E-state index contributed by atoms with van der Waals surface area (Å²) in [7, 11) is 0. The molecule has 0 amide bonds. The Morgan fingerprint density at radius 3 is 2.86 bits per heavy atom. The average Bonchev–Trinajstić information content (AvgIpc) is 2.74. The summed E-state index contributed by atoms with van der Waals surface area (Å²) < 4.78 is 7.92. The molecule has 0 atom stereocenters. The number of hydrogen-bond acceptors (Lipinski definition) is 5. The Hall–Kier alpha value is -2.77. The summed E-state index contributed by atoms with van der Waals surface area (Å²) >= 11 is 3.34. The van der Waals surface area contributed by atoms with E-state index >= 15 is 0 Å². The molecule has 0 bridgehead atoms. The highest BCUT2D eigenvalue weighted by atomic mass is 79.9. The van der Waals surface area contributed by atoms with E-state index in [1.807, 2.05) is 30.3 Å². The van der Waals surface area contributed by atoms with Gasteiger partial charge in [0.25, 0.3) is 5.56 Å². The molecular formula is C22H20BrN3O3. The number of nitrogens with one attached hydrogen (secondary N) is 1. The summed E-state index contributed by atoms with van der Waals surface area (Å²) in [6.45, 7) is 2.00. The van der Waals surface area contributed by atoms with Crippen molar-refractivity contribution in [1.82, 2.24) is 14.9 Å². The second-order valence-corrected chi connectivity index (χ2v) is 7.83. The number of carbonyl (C=O) groups excluding carboxylic acids is 1. The molecule has 1 aromatic carbocycles. The van der Waals surface area contributed by atoms with E-state index < -0.39 is 0 Å². The Morgan fingerprint density at radius 1 is 1.17 bits per heavy atom. The van der Waals surface area contributed by atoms with E-state index in [9.17, 15) is 9.59 Å². The lowest BCUT2D eigenvalue weighted by atomic mass is 9.97. The van der Waals surface area contributed by atoms with Crippen molar-refractivity contribution in [2.45, 2.75) is 26.1 Å². The highest BCUT2D eigenvalue weighted by Crippen LogP contribution is 2.17. The lowest BCUT2D eigenvalue weighted by molar-refractivity contribution is 0.0970. The van der Waals surface area contributed by atoms with E-state index in [2.05, 4.69) is 26.2 Å². The SMILES string of the molecule is O=C(Cn1ccc(OCc2ccc(Br)cn2)cc1=O)c1ccc2c(c1)CNCC2. The van der Waals surface area contributed by atoms with Crippen LogP contribution in [-0.2, 0) is 26.1 Å². The maximum atomic E-state index is 12.7. The van der Waals surface area contributed by atoms with Gasteiger partial charge in [0.05, 0.1) is 12.2 Å². The summed E-state index contributed by atoms with van der Waals surface area (Å²) in [5.41, 5.74) is 3.54. The molecule has 0 fully saturated rings. The van der Waals surface area contributed by atoms with Crippen molar-refractivity contribution >= 4 is 21.7 Å². The molecule has 3 aromatic rings. The molecular weight excluding hydrogens is 434 g/mol. The summed E-state index contributed by atoms with van der Waals surface area (Å²) in [4.78, 5) is 29.3. The van der Waals surface area contributed by atoms with Gasteiger partial charge >= 0.3 is 0 Å². The number of rotatable bonds is 6. The molecule has 4 rings (SSSR count). The van der Waals surface area contributed by atoms with Gasteiger partial charge in [0.1, 0.15) is 12.4 Å². The highest BCUT2D eigenvalue weighted by Gasteiger charge is 2.13. The molecule has 0 saturated heterocycles. The minimum Gasteiger partial charge on any atom is -0.487 e. The number of halogens is 1. The Kier molecular flexibility index (Phi) is 5.87. The van der Waals surface area contributed by atoms with Crippen molar-refractivity contribution in [3.05, 3.63) is 92.1 Å². The van der Waals surface area contributed by atoms with Crippen LogP contribution in [-0.4, -0.2) is 21.9 Å². The highest BCUT2D eigenvalue weighted by molar-refractivity contribution is 9.10. The maximum absolute atomic E-state index is 12.7. The average molecular weight is 454 g/mol. The lowest BCUT2D eigenvalue weighted by Crippen LogP contribution is -2.25. The van der Waals surface area contributed by atoms with Crippen LogP contribution in [0.5, 0.6) is 5.75 Å². The smallest absolute Gasteiger partial charge is 0.254 e. The van der Waals surface area contributed by atoms with E-state index in [0.717, 1.165) is 35.2 Å². The van der Waals surface area contributed by atoms with Crippen LogP contribution in [0.1, 0.15) is 27.2 Å². The van der Waals surface area contributed by atoms with Crippen molar-refractivity contribution in [3.8, 4) is 5.75 Å². The van der Waals surface area contributed by atoms with Gasteiger partial charge in [-0.2, -0.15) is 0 Å². The summed E-state index contributed by atoms with van der Waals surface area (Å²) in [5.74, 6) is 0.358. The van der Waals surface area contributed by atoms with Crippen molar-refractivity contribution in [2.24, 2.45) is 0 Å². The molecule has 3 heterocycles. The third-order valence-corrected chi connectivity index (χ3v) is 5.34. The van der Waals surface area contributed by atoms with Gasteiger partial charge in [0.15, 0.2) is 5.78 Å². The number of carbonyl (C=O) groups is 1. The van der Waals surface area contributed by atoms with E-state index in [4.69, 9.17) is 4.74 Å². The number of Topliss-reactive ketones (excluding diaryl/α,β-unsaturated/α-hetero) is 1. The monoisotopic (exact) mass is 453 g/mol. The summed E-state index contributed by atoms with van der Waals surface area (Å²) in [6, 6.07) is 12.6. The van der Waals surface area contributed by atoms with E-state index in [0.29, 0.717) is 11.3 Å². The fourth-order valence-corrected chi connectivity index (χ4v) is 3.49. The molecule has 6 nitrogen and oxygen atoms in total. The van der Waals surface area contributed by atoms with E-state index in [-0.39, 0.29) is 24.5 Å². The van der Waals surface area contributed by atoms with Crippen LogP contribution in [0.15, 0.2) is 64.1 Å². The zero-order valence-electron chi connectivity index (χ0n) is 15.7. The van der Waals surface area contributed by atoms with Gasteiger partial charge in [-0.25, -0.2) is 0 Å². The first kappa shape index (κ1) is 19.5. The first-order valence-corrected chi connectivity index (χ1v) is 10.2. The number of benzene rings is 1. The minimum absolute atomic E-state index is 0.000401. The van der Waals surface area contributed by atoms with Crippen molar-refractivity contribution in [1.29, 1.82) is 0 Å². The predicted molar refractivity (Wildman–Crippen MR) is 113 cm³/mol. The number of aromatic nitrogens is 2. The molecule has 148 valence electrons. The summed E-state index contributed by atoms with van der Waals surface area (Å²) in [5, 5.41) is 3.31. The van der Waals surface area contributed by atoms with Gasteiger partial charge in [-0.1, -0.05) is 12.1 Å². The molecule has 29 heavy (non-hydrogen) atoms.